The summed E-state index contributed by atoms with van der Waals surface area (Å²) in [4.78, 5) is 4.49. The molecule has 4 nitrogen and oxygen atoms in total. The van der Waals surface area contributed by atoms with Gasteiger partial charge in [0.2, 0.25) is 0 Å². The molecule has 0 amide bonds. The van der Waals surface area contributed by atoms with Crippen LogP contribution in [0.2, 0.25) is 0 Å². The van der Waals surface area contributed by atoms with Gasteiger partial charge < -0.3 is 20.4 Å². The van der Waals surface area contributed by atoms with Gasteiger partial charge in [0.15, 0.2) is 0 Å². The molecule has 0 rings (SSSR count). The van der Waals surface area contributed by atoms with Crippen molar-refractivity contribution >= 4 is 0 Å². The number of nitrogens with one attached hydrogen (secondary N) is 2. The van der Waals surface area contributed by atoms with Crippen molar-refractivity contribution in [3.8, 4) is 0 Å². The topological polar surface area (TPSA) is 30.5 Å². The summed E-state index contributed by atoms with van der Waals surface area (Å²) in [6, 6.07) is 0. The number of allylic oxidation sites excluding steroid dienone is 4. The second kappa shape index (κ2) is 15.2. The second-order valence-electron chi connectivity index (χ2n) is 6.38. The summed E-state index contributed by atoms with van der Waals surface area (Å²) < 4.78 is 0. The third-order valence-electron chi connectivity index (χ3n) is 4.33. The predicted octanol–water partition coefficient (Wildman–Crippen LogP) is 4.35. The summed E-state index contributed by atoms with van der Waals surface area (Å²) >= 11 is 0. The Kier molecular flexibility index (Phi) is 13.6. The second-order valence-corrected chi connectivity index (χ2v) is 6.38. The first-order valence-electron chi connectivity index (χ1n) is 9.62. The molecule has 0 spiro atoms. The largest absolute Gasteiger partial charge is 0.385 e. The van der Waals surface area contributed by atoms with E-state index in [0.29, 0.717) is 0 Å². The van der Waals surface area contributed by atoms with E-state index >= 15 is 0 Å². The van der Waals surface area contributed by atoms with Gasteiger partial charge in [-0.1, -0.05) is 52.6 Å². The molecule has 0 aliphatic rings. The fourth-order valence-corrected chi connectivity index (χ4v) is 2.48. The predicted molar refractivity (Wildman–Crippen MR) is 126 cm³/mol. The van der Waals surface area contributed by atoms with E-state index in [4.69, 9.17) is 0 Å². The van der Waals surface area contributed by atoms with Crippen molar-refractivity contribution in [1.29, 1.82) is 0 Å². The molecule has 0 fully saturated rings. The quantitative estimate of drug-likeness (QED) is 0.257. The Bertz CT molecular complexity index is 533. The van der Waals surface area contributed by atoms with Gasteiger partial charge in [-0.3, -0.25) is 0 Å². The van der Waals surface area contributed by atoms with E-state index in [-0.39, 0.29) is 0 Å². The van der Waals surface area contributed by atoms with Crippen molar-refractivity contribution in [3.05, 3.63) is 99.7 Å². The van der Waals surface area contributed by atoms with Gasteiger partial charge in [-0.25, -0.2) is 0 Å². The van der Waals surface area contributed by atoms with E-state index in [1.807, 2.05) is 0 Å². The molecule has 0 radical (unpaired) electrons. The minimum atomic E-state index is 0.840. The van der Waals surface area contributed by atoms with Gasteiger partial charge in [0.05, 0.1) is 0 Å². The van der Waals surface area contributed by atoms with Gasteiger partial charge in [0.25, 0.3) is 0 Å². The lowest BCUT2D eigenvalue weighted by molar-refractivity contribution is 0.273. The van der Waals surface area contributed by atoms with Crippen LogP contribution in [0.5, 0.6) is 0 Å². The Labute approximate surface area is 172 Å². The summed E-state index contributed by atoms with van der Waals surface area (Å²) in [5, 5.41) is 6.46. The molecule has 0 unspecified atom stereocenters. The molecule has 28 heavy (non-hydrogen) atoms. The molecule has 0 aliphatic carbocycles. The monoisotopic (exact) mass is 382 g/mol. The maximum absolute atomic E-state index is 4.11. The molecular formula is C24H38N4. The van der Waals surface area contributed by atoms with E-state index in [1.54, 1.807) is 24.3 Å². The van der Waals surface area contributed by atoms with Gasteiger partial charge >= 0.3 is 0 Å². The average molecular weight is 383 g/mol. The molecule has 0 aromatic heterocycles. The highest BCUT2D eigenvalue weighted by molar-refractivity contribution is 5.13. The highest BCUT2D eigenvalue weighted by Gasteiger charge is 2.10. The van der Waals surface area contributed by atoms with E-state index in [2.05, 4.69) is 73.1 Å². The van der Waals surface area contributed by atoms with Gasteiger partial charge in [-0.2, -0.15) is 0 Å². The first-order valence-corrected chi connectivity index (χ1v) is 9.62. The normalized spacial score (nSPS) is 9.57. The molecule has 0 aromatic rings. The number of hydrogen-bond acceptors (Lipinski definition) is 4. The fraction of sp³-hybridized carbons (Fsp3) is 0.333. The maximum Gasteiger partial charge on any atom is 0.0353 e. The molecule has 0 aromatic carbocycles. The lowest BCUT2D eigenvalue weighted by Crippen LogP contribution is -2.36. The summed E-state index contributed by atoms with van der Waals surface area (Å²) in [5.74, 6) is 0. The molecule has 4 heteroatoms. The van der Waals surface area contributed by atoms with Gasteiger partial charge in [-0.05, 0) is 37.1 Å². The van der Waals surface area contributed by atoms with E-state index < -0.39 is 0 Å². The number of hydrogen-bond donors (Lipinski definition) is 2. The van der Waals surface area contributed by atoms with Crippen LogP contribution in [0.4, 0.5) is 0 Å². The smallest absolute Gasteiger partial charge is 0.0353 e. The van der Waals surface area contributed by atoms with Crippen LogP contribution >= 0.6 is 0 Å². The fourth-order valence-electron chi connectivity index (χ4n) is 2.48. The minimum Gasteiger partial charge on any atom is -0.385 e. The maximum atomic E-state index is 4.11. The van der Waals surface area contributed by atoms with Crippen molar-refractivity contribution in [2.24, 2.45) is 0 Å². The highest BCUT2D eigenvalue weighted by Crippen LogP contribution is 2.09. The van der Waals surface area contributed by atoms with Gasteiger partial charge in [0, 0.05) is 62.1 Å². The third kappa shape index (κ3) is 11.0. The summed E-state index contributed by atoms with van der Waals surface area (Å²) in [5.41, 5.74) is 3.54. The number of rotatable bonds is 19. The first kappa shape index (κ1) is 25.1. The van der Waals surface area contributed by atoms with Crippen molar-refractivity contribution in [2.45, 2.75) is 12.8 Å². The number of nitrogens with zero attached hydrogens (tertiary/aromatic N) is 2. The van der Waals surface area contributed by atoms with Crippen molar-refractivity contribution in [2.75, 3.05) is 39.3 Å². The zero-order chi connectivity index (χ0) is 21.4. The first-order chi connectivity index (χ1) is 13.4. The van der Waals surface area contributed by atoms with Crippen LogP contribution in [0.1, 0.15) is 12.8 Å². The Morgan fingerprint density at radius 3 is 1.21 bits per heavy atom. The van der Waals surface area contributed by atoms with Crippen molar-refractivity contribution in [1.82, 2.24) is 20.4 Å². The lowest BCUT2D eigenvalue weighted by Gasteiger charge is -2.31. The van der Waals surface area contributed by atoms with Crippen molar-refractivity contribution < 1.29 is 0 Å². The summed E-state index contributed by atoms with van der Waals surface area (Å²) in [7, 11) is 0. The summed E-state index contributed by atoms with van der Waals surface area (Å²) in [6.07, 6.45) is 8.98. The molecular weight excluding hydrogens is 344 g/mol. The van der Waals surface area contributed by atoms with Crippen molar-refractivity contribution in [3.63, 3.8) is 0 Å². The zero-order valence-electron chi connectivity index (χ0n) is 17.5. The molecule has 0 atom stereocenters. The Morgan fingerprint density at radius 1 is 0.571 bits per heavy atom. The SMILES string of the molecule is C=CC(=C)NCCCN(CCN(CCCNC(=C)C=C)C(=C)C=C)C(=C)C=C. The van der Waals surface area contributed by atoms with Crippen LogP contribution in [0.25, 0.3) is 0 Å². The molecule has 0 saturated carbocycles. The van der Waals surface area contributed by atoms with E-state index in [0.717, 1.165) is 74.9 Å². The van der Waals surface area contributed by atoms with Gasteiger partial charge in [-0.15, -0.1) is 0 Å². The van der Waals surface area contributed by atoms with Crippen LogP contribution in [0.3, 0.4) is 0 Å². The standard InChI is InChI=1S/C24H38N4/c1-9-21(5)25-15-13-17-27(23(7)11-3)19-20-28(24(8)12-4)18-14-16-26-22(6)10-2/h9-12,25-26H,1-8,13-20H2. The molecule has 0 saturated heterocycles. The van der Waals surface area contributed by atoms with Crippen LogP contribution in [0.15, 0.2) is 99.7 Å². The molecule has 2 N–H and O–H groups in total. The van der Waals surface area contributed by atoms with Crippen LogP contribution in [-0.2, 0) is 0 Å². The minimum absolute atomic E-state index is 0.840. The van der Waals surface area contributed by atoms with Crippen LogP contribution < -0.4 is 10.6 Å². The third-order valence-corrected chi connectivity index (χ3v) is 4.33. The van der Waals surface area contributed by atoms with E-state index in [9.17, 15) is 0 Å². The van der Waals surface area contributed by atoms with E-state index in [1.165, 1.54) is 0 Å². The molecule has 0 aliphatic heterocycles. The molecule has 0 heterocycles. The molecule has 0 bridgehead atoms. The van der Waals surface area contributed by atoms with Gasteiger partial charge in [0.1, 0.15) is 0 Å². The average Bonchev–Trinajstić information content (AvgIpc) is 2.72. The Balaban J connectivity index is 4.60. The summed E-state index contributed by atoms with van der Waals surface area (Å²) in [6.45, 7) is 36.2. The van der Waals surface area contributed by atoms with Crippen LogP contribution in [-0.4, -0.2) is 49.1 Å². The van der Waals surface area contributed by atoms with Crippen LogP contribution in [0, 0.1) is 0 Å². The molecule has 154 valence electrons. The zero-order valence-corrected chi connectivity index (χ0v) is 17.5. The Hall–Kier alpha value is -2.88. The lowest BCUT2D eigenvalue weighted by atomic mass is 10.2. The highest BCUT2D eigenvalue weighted by atomic mass is 15.2. The Morgan fingerprint density at radius 2 is 0.929 bits per heavy atom.